The Hall–Kier alpha value is -1.78. The molecule has 0 radical (unpaired) electrons. The molecule has 0 fully saturated rings. The molecule has 0 aliphatic rings. The van der Waals surface area contributed by atoms with Crippen LogP contribution in [0.1, 0.15) is 32.6 Å². The third-order valence-corrected chi connectivity index (χ3v) is 2.33. The minimum atomic E-state index is -0.530. The monoisotopic (exact) mass is 270 g/mol. The predicted molar refractivity (Wildman–Crippen MR) is 71.3 cm³/mol. The molecule has 0 saturated carbocycles. The van der Waals surface area contributed by atoms with Crippen LogP contribution < -0.4 is 0 Å². The number of hydrogen-bond acceptors (Lipinski definition) is 5. The number of carbonyl (C=O) groups is 2. The SMILES string of the molecule is C=C(C)C(=O)OCCCCCCOC(=O)C(=C)OC. The number of rotatable bonds is 10. The van der Waals surface area contributed by atoms with E-state index in [2.05, 4.69) is 17.9 Å². The Kier molecular flexibility index (Phi) is 9.22. The van der Waals surface area contributed by atoms with Crippen molar-refractivity contribution in [2.24, 2.45) is 0 Å². The normalized spacial score (nSPS) is 9.58. The fourth-order valence-corrected chi connectivity index (χ4v) is 1.17. The van der Waals surface area contributed by atoms with Gasteiger partial charge in [-0.05, 0) is 39.2 Å². The van der Waals surface area contributed by atoms with E-state index in [1.165, 1.54) is 7.11 Å². The van der Waals surface area contributed by atoms with Gasteiger partial charge in [-0.2, -0.15) is 0 Å². The Balaban J connectivity index is 3.37. The van der Waals surface area contributed by atoms with E-state index in [0.29, 0.717) is 18.8 Å². The molecule has 0 unspecified atom stereocenters. The lowest BCUT2D eigenvalue weighted by molar-refractivity contribution is -0.143. The summed E-state index contributed by atoms with van der Waals surface area (Å²) in [6, 6.07) is 0. The topological polar surface area (TPSA) is 61.8 Å². The van der Waals surface area contributed by atoms with Crippen LogP contribution in [0.2, 0.25) is 0 Å². The summed E-state index contributed by atoms with van der Waals surface area (Å²) < 4.78 is 14.5. The van der Waals surface area contributed by atoms with Crippen LogP contribution in [-0.2, 0) is 23.8 Å². The van der Waals surface area contributed by atoms with Crippen molar-refractivity contribution in [2.45, 2.75) is 32.6 Å². The first-order valence-electron chi connectivity index (χ1n) is 6.21. The van der Waals surface area contributed by atoms with E-state index in [1.807, 2.05) is 0 Å². The molecule has 0 saturated heterocycles. The third-order valence-electron chi connectivity index (χ3n) is 2.33. The highest BCUT2D eigenvalue weighted by molar-refractivity contribution is 5.86. The van der Waals surface area contributed by atoms with Gasteiger partial charge in [0.2, 0.25) is 0 Å². The van der Waals surface area contributed by atoms with E-state index in [4.69, 9.17) is 9.47 Å². The van der Waals surface area contributed by atoms with Gasteiger partial charge in [-0.25, -0.2) is 9.59 Å². The van der Waals surface area contributed by atoms with Gasteiger partial charge in [0.15, 0.2) is 5.76 Å². The zero-order valence-electron chi connectivity index (χ0n) is 11.7. The minimum Gasteiger partial charge on any atom is -0.490 e. The van der Waals surface area contributed by atoms with Gasteiger partial charge in [-0.1, -0.05) is 6.58 Å². The van der Waals surface area contributed by atoms with Crippen molar-refractivity contribution in [3.05, 3.63) is 24.5 Å². The van der Waals surface area contributed by atoms with Gasteiger partial charge >= 0.3 is 11.9 Å². The van der Waals surface area contributed by atoms with Gasteiger partial charge in [-0.3, -0.25) is 0 Å². The van der Waals surface area contributed by atoms with Crippen LogP contribution in [-0.4, -0.2) is 32.3 Å². The predicted octanol–water partition coefficient (Wildman–Crippen LogP) is 2.37. The van der Waals surface area contributed by atoms with Crippen LogP contribution in [0.25, 0.3) is 0 Å². The van der Waals surface area contributed by atoms with E-state index in [9.17, 15) is 9.59 Å². The highest BCUT2D eigenvalue weighted by atomic mass is 16.6. The Morgan fingerprint density at radius 1 is 0.895 bits per heavy atom. The van der Waals surface area contributed by atoms with Crippen LogP contribution in [0.5, 0.6) is 0 Å². The average Bonchev–Trinajstić information content (AvgIpc) is 2.39. The van der Waals surface area contributed by atoms with Gasteiger partial charge in [0.1, 0.15) is 0 Å². The lowest BCUT2D eigenvalue weighted by atomic mass is 10.2. The molecule has 0 spiro atoms. The summed E-state index contributed by atoms with van der Waals surface area (Å²) in [6.07, 6.45) is 3.36. The maximum absolute atomic E-state index is 11.1. The van der Waals surface area contributed by atoms with E-state index in [1.54, 1.807) is 6.92 Å². The molecule has 0 rings (SSSR count). The van der Waals surface area contributed by atoms with Gasteiger partial charge in [-0.15, -0.1) is 0 Å². The Morgan fingerprint density at radius 3 is 1.79 bits per heavy atom. The van der Waals surface area contributed by atoms with Crippen molar-refractivity contribution >= 4 is 11.9 Å². The van der Waals surface area contributed by atoms with E-state index < -0.39 is 5.97 Å². The summed E-state index contributed by atoms with van der Waals surface area (Å²) in [7, 11) is 1.37. The maximum atomic E-state index is 11.1. The Labute approximate surface area is 114 Å². The van der Waals surface area contributed by atoms with Crippen LogP contribution in [0, 0.1) is 0 Å². The first-order valence-corrected chi connectivity index (χ1v) is 6.21. The van der Waals surface area contributed by atoms with Gasteiger partial charge in [0, 0.05) is 5.57 Å². The zero-order chi connectivity index (χ0) is 14.7. The van der Waals surface area contributed by atoms with E-state index in [0.717, 1.165) is 25.7 Å². The van der Waals surface area contributed by atoms with Crippen LogP contribution in [0.3, 0.4) is 0 Å². The number of ether oxygens (including phenoxy) is 3. The maximum Gasteiger partial charge on any atom is 0.372 e. The molecule has 19 heavy (non-hydrogen) atoms. The molecule has 0 atom stereocenters. The van der Waals surface area contributed by atoms with E-state index in [-0.39, 0.29) is 11.7 Å². The molecule has 0 N–H and O–H groups in total. The number of methoxy groups -OCH3 is 1. The fraction of sp³-hybridized carbons (Fsp3) is 0.571. The highest BCUT2D eigenvalue weighted by Gasteiger charge is 2.07. The Morgan fingerprint density at radius 2 is 1.37 bits per heavy atom. The summed E-state index contributed by atoms with van der Waals surface area (Å²) in [5, 5.41) is 0. The smallest absolute Gasteiger partial charge is 0.372 e. The van der Waals surface area contributed by atoms with E-state index >= 15 is 0 Å². The summed E-state index contributed by atoms with van der Waals surface area (Å²) in [5.41, 5.74) is 0.408. The van der Waals surface area contributed by atoms with Crippen molar-refractivity contribution in [1.82, 2.24) is 0 Å². The first-order chi connectivity index (χ1) is 8.99. The molecule has 0 bridgehead atoms. The summed E-state index contributed by atoms with van der Waals surface area (Å²) in [4.78, 5) is 22.2. The number of unbranched alkanes of at least 4 members (excludes halogenated alkanes) is 3. The molecule has 5 nitrogen and oxygen atoms in total. The van der Waals surface area contributed by atoms with Crippen LogP contribution in [0.15, 0.2) is 24.5 Å². The second-order valence-corrected chi connectivity index (χ2v) is 4.09. The van der Waals surface area contributed by atoms with Crippen molar-refractivity contribution in [3.63, 3.8) is 0 Å². The summed E-state index contributed by atoms with van der Waals surface area (Å²) >= 11 is 0. The molecule has 0 amide bonds. The molecule has 108 valence electrons. The standard InChI is InChI=1S/C14H22O5/c1-11(2)13(15)18-9-7-5-6-8-10-19-14(16)12(3)17-4/h1,3,5-10H2,2,4H3. The Bertz CT molecular complexity index is 333. The molecule has 0 aromatic carbocycles. The number of hydrogen-bond donors (Lipinski definition) is 0. The van der Waals surface area contributed by atoms with Crippen molar-refractivity contribution in [1.29, 1.82) is 0 Å². The fourth-order valence-electron chi connectivity index (χ4n) is 1.17. The third kappa shape index (κ3) is 8.88. The molecule has 5 heteroatoms. The van der Waals surface area contributed by atoms with Crippen LogP contribution in [0.4, 0.5) is 0 Å². The molecular formula is C14H22O5. The zero-order valence-corrected chi connectivity index (χ0v) is 11.7. The lowest BCUT2D eigenvalue weighted by Crippen LogP contribution is -2.09. The molecule has 0 aromatic heterocycles. The largest absolute Gasteiger partial charge is 0.490 e. The molecule has 0 aliphatic heterocycles. The molecule has 0 heterocycles. The number of carbonyl (C=O) groups excluding carboxylic acids is 2. The van der Waals surface area contributed by atoms with Crippen molar-refractivity contribution < 1.29 is 23.8 Å². The molecule has 0 aromatic rings. The molecular weight excluding hydrogens is 248 g/mol. The number of esters is 2. The van der Waals surface area contributed by atoms with Crippen LogP contribution >= 0.6 is 0 Å². The highest BCUT2D eigenvalue weighted by Crippen LogP contribution is 2.03. The average molecular weight is 270 g/mol. The lowest BCUT2D eigenvalue weighted by Gasteiger charge is -2.06. The first kappa shape index (κ1) is 17.2. The van der Waals surface area contributed by atoms with Gasteiger partial charge in [0.25, 0.3) is 0 Å². The second kappa shape index (κ2) is 10.2. The minimum absolute atomic E-state index is 0.00621. The molecule has 0 aliphatic carbocycles. The second-order valence-electron chi connectivity index (χ2n) is 4.09. The summed E-state index contributed by atoms with van der Waals surface area (Å²) in [5.74, 6) is -0.878. The van der Waals surface area contributed by atoms with Gasteiger partial charge in [0.05, 0.1) is 20.3 Å². The summed E-state index contributed by atoms with van der Waals surface area (Å²) in [6.45, 7) is 9.23. The van der Waals surface area contributed by atoms with Crippen molar-refractivity contribution in [2.75, 3.05) is 20.3 Å². The van der Waals surface area contributed by atoms with Crippen molar-refractivity contribution in [3.8, 4) is 0 Å². The van der Waals surface area contributed by atoms with Gasteiger partial charge < -0.3 is 14.2 Å². The quantitative estimate of drug-likeness (QED) is 0.264.